The Morgan fingerprint density at radius 2 is 1.83 bits per heavy atom. The molecule has 0 unspecified atom stereocenters. The highest BCUT2D eigenvalue weighted by Gasteiger charge is 2.47. The second-order valence-electron chi connectivity index (χ2n) is 8.25. The number of carbonyl (C=O) groups excluding carboxylic acids is 1. The van der Waals surface area contributed by atoms with Crippen molar-refractivity contribution in [1.82, 2.24) is 0 Å². The summed E-state index contributed by atoms with van der Waals surface area (Å²) in [5.74, 6) is 0.102. The van der Waals surface area contributed by atoms with Crippen molar-refractivity contribution in [2.75, 3.05) is 31.1 Å². The third kappa shape index (κ3) is 4.35. The average molecular weight is 395 g/mol. The fourth-order valence-corrected chi connectivity index (χ4v) is 4.73. The van der Waals surface area contributed by atoms with Crippen LogP contribution in [-0.4, -0.2) is 42.9 Å². The Kier molecular flexibility index (Phi) is 5.67. The molecule has 0 aromatic heterocycles. The standard InChI is InChI=1S/C24H28FN2O2/c1-2-14-27-15-12-20(13-16-27)23(18-27)29-24(28)26(17-19-6-4-3-5-7-19)22-10-8-21(25)9-11-22/h2-11,20,23H,1,12-18H2/q+1/t20?,23-,27?/m0/s1. The molecule has 152 valence electrons. The van der Waals surface area contributed by atoms with E-state index in [0.717, 1.165) is 49.1 Å². The van der Waals surface area contributed by atoms with E-state index in [1.54, 1.807) is 17.0 Å². The molecule has 2 aromatic carbocycles. The zero-order valence-electron chi connectivity index (χ0n) is 16.7. The van der Waals surface area contributed by atoms with Gasteiger partial charge in [0.1, 0.15) is 12.4 Å². The number of hydrogen-bond donors (Lipinski definition) is 0. The monoisotopic (exact) mass is 395 g/mol. The van der Waals surface area contributed by atoms with Gasteiger partial charge in [-0.25, -0.2) is 9.18 Å². The summed E-state index contributed by atoms with van der Waals surface area (Å²) < 4.78 is 20.4. The molecular weight excluding hydrogens is 367 g/mol. The molecule has 3 saturated heterocycles. The first-order valence-electron chi connectivity index (χ1n) is 10.3. The van der Waals surface area contributed by atoms with Crippen molar-refractivity contribution in [2.45, 2.75) is 25.5 Å². The largest absolute Gasteiger partial charge is 0.440 e. The summed E-state index contributed by atoms with van der Waals surface area (Å²) in [4.78, 5) is 14.8. The first kappa shape index (κ1) is 19.6. The number of hydrogen-bond acceptors (Lipinski definition) is 2. The Morgan fingerprint density at radius 3 is 2.48 bits per heavy atom. The predicted octanol–water partition coefficient (Wildman–Crippen LogP) is 4.76. The first-order chi connectivity index (χ1) is 14.1. The second kappa shape index (κ2) is 8.37. The molecule has 3 heterocycles. The van der Waals surface area contributed by atoms with Crippen LogP contribution in [-0.2, 0) is 11.3 Å². The van der Waals surface area contributed by atoms with Gasteiger partial charge >= 0.3 is 6.09 Å². The normalized spacial score (nSPS) is 25.4. The van der Waals surface area contributed by atoms with Crippen molar-refractivity contribution >= 4 is 11.8 Å². The lowest BCUT2D eigenvalue weighted by atomic mass is 9.83. The van der Waals surface area contributed by atoms with Gasteiger partial charge in [-0.15, -0.1) is 0 Å². The topological polar surface area (TPSA) is 29.5 Å². The minimum absolute atomic E-state index is 0.0799. The molecule has 3 fully saturated rings. The van der Waals surface area contributed by atoms with Crippen molar-refractivity contribution in [3.8, 4) is 0 Å². The third-order valence-corrected chi connectivity index (χ3v) is 6.35. The Bertz CT molecular complexity index is 845. The lowest BCUT2D eigenvalue weighted by molar-refractivity contribution is -0.941. The molecule has 5 rings (SSSR count). The third-order valence-electron chi connectivity index (χ3n) is 6.35. The van der Waals surface area contributed by atoms with Crippen molar-refractivity contribution < 1.29 is 18.4 Å². The summed E-state index contributed by atoms with van der Waals surface area (Å²) in [6.07, 6.45) is 3.70. The number of halogens is 1. The first-order valence-corrected chi connectivity index (χ1v) is 10.3. The van der Waals surface area contributed by atoms with E-state index >= 15 is 0 Å². The number of ether oxygens (including phenoxy) is 1. The van der Waals surface area contributed by atoms with Gasteiger partial charge in [-0.05, 0) is 35.9 Å². The van der Waals surface area contributed by atoms with E-state index in [1.807, 2.05) is 36.4 Å². The lowest BCUT2D eigenvalue weighted by Gasteiger charge is -2.51. The quantitative estimate of drug-likeness (QED) is 0.521. The van der Waals surface area contributed by atoms with Crippen LogP contribution in [0.1, 0.15) is 18.4 Å². The van der Waals surface area contributed by atoms with Crippen molar-refractivity contribution in [3.63, 3.8) is 0 Å². The molecule has 0 spiro atoms. The summed E-state index contributed by atoms with van der Waals surface area (Å²) in [5, 5.41) is 0. The number of amides is 1. The predicted molar refractivity (Wildman–Crippen MR) is 112 cm³/mol. The van der Waals surface area contributed by atoms with E-state index in [0.29, 0.717) is 18.2 Å². The van der Waals surface area contributed by atoms with E-state index in [1.165, 1.54) is 12.1 Å². The molecule has 2 aromatic rings. The van der Waals surface area contributed by atoms with Crippen LogP contribution in [0.15, 0.2) is 67.3 Å². The van der Waals surface area contributed by atoms with Gasteiger partial charge in [0.15, 0.2) is 6.10 Å². The van der Waals surface area contributed by atoms with Crippen molar-refractivity contribution in [3.05, 3.63) is 78.6 Å². The molecule has 0 N–H and O–H groups in total. The minimum Gasteiger partial charge on any atom is -0.440 e. The maximum atomic E-state index is 13.4. The van der Waals surface area contributed by atoms with Crippen LogP contribution in [0.2, 0.25) is 0 Å². The summed E-state index contributed by atoms with van der Waals surface area (Å²) >= 11 is 0. The van der Waals surface area contributed by atoms with E-state index in [2.05, 4.69) is 6.58 Å². The highest BCUT2D eigenvalue weighted by atomic mass is 19.1. The van der Waals surface area contributed by atoms with Crippen LogP contribution in [0.3, 0.4) is 0 Å². The molecule has 1 atom stereocenters. The molecule has 3 aliphatic heterocycles. The van der Waals surface area contributed by atoms with Crippen LogP contribution in [0.25, 0.3) is 0 Å². The van der Waals surface area contributed by atoms with Gasteiger partial charge in [-0.1, -0.05) is 36.9 Å². The molecular formula is C24H28FN2O2+. The minimum atomic E-state index is -0.365. The lowest BCUT2D eigenvalue weighted by Crippen LogP contribution is -2.64. The van der Waals surface area contributed by atoms with Gasteiger partial charge in [-0.2, -0.15) is 0 Å². The molecule has 0 aliphatic carbocycles. The zero-order valence-corrected chi connectivity index (χ0v) is 16.7. The highest BCUT2D eigenvalue weighted by Crippen LogP contribution is 2.36. The van der Waals surface area contributed by atoms with Crippen LogP contribution in [0.4, 0.5) is 14.9 Å². The maximum Gasteiger partial charge on any atom is 0.415 e. The number of carbonyl (C=O) groups is 1. The van der Waals surface area contributed by atoms with Crippen LogP contribution >= 0.6 is 0 Å². The number of nitrogens with zero attached hydrogens (tertiary/aromatic N) is 2. The van der Waals surface area contributed by atoms with Gasteiger partial charge in [0.25, 0.3) is 0 Å². The summed E-state index contributed by atoms with van der Waals surface area (Å²) in [5.41, 5.74) is 1.63. The number of anilines is 1. The van der Waals surface area contributed by atoms with Crippen molar-refractivity contribution in [2.24, 2.45) is 5.92 Å². The van der Waals surface area contributed by atoms with E-state index in [4.69, 9.17) is 4.74 Å². The van der Waals surface area contributed by atoms with Gasteiger partial charge in [0, 0.05) is 24.4 Å². The Labute approximate surface area is 171 Å². The number of quaternary nitrogens is 1. The molecule has 3 aliphatic rings. The van der Waals surface area contributed by atoms with Crippen LogP contribution < -0.4 is 4.90 Å². The number of piperidine rings is 3. The second-order valence-corrected chi connectivity index (χ2v) is 8.25. The molecule has 5 heteroatoms. The summed E-state index contributed by atoms with van der Waals surface area (Å²) in [6.45, 7) is 8.34. The maximum absolute atomic E-state index is 13.4. The van der Waals surface area contributed by atoms with Gasteiger partial charge in [0.05, 0.1) is 26.2 Å². The van der Waals surface area contributed by atoms with Gasteiger partial charge in [0.2, 0.25) is 0 Å². The number of fused-ring (bicyclic) bond motifs is 3. The van der Waals surface area contributed by atoms with Gasteiger partial charge < -0.3 is 9.22 Å². The fraction of sp³-hybridized carbons (Fsp3) is 0.375. The number of benzene rings is 2. The highest BCUT2D eigenvalue weighted by molar-refractivity contribution is 5.87. The molecule has 1 amide bonds. The SMILES string of the molecule is C=CC[N+]12CCC(CC1)[C@@H](OC(=O)N(Cc1ccccc1)c1ccc(F)cc1)C2. The van der Waals surface area contributed by atoms with Crippen LogP contribution in [0, 0.1) is 11.7 Å². The average Bonchev–Trinajstić information content (AvgIpc) is 2.74. The molecule has 29 heavy (non-hydrogen) atoms. The van der Waals surface area contributed by atoms with Crippen LogP contribution in [0.5, 0.6) is 0 Å². The van der Waals surface area contributed by atoms with E-state index < -0.39 is 0 Å². The zero-order chi connectivity index (χ0) is 20.3. The number of rotatable bonds is 6. The Hall–Kier alpha value is -2.66. The smallest absolute Gasteiger partial charge is 0.415 e. The summed E-state index contributed by atoms with van der Waals surface area (Å²) in [6, 6.07) is 15.8. The Balaban J connectivity index is 1.53. The Morgan fingerprint density at radius 1 is 1.14 bits per heavy atom. The van der Waals surface area contributed by atoms with Crippen molar-refractivity contribution in [1.29, 1.82) is 0 Å². The molecule has 4 nitrogen and oxygen atoms in total. The van der Waals surface area contributed by atoms with E-state index in [9.17, 15) is 9.18 Å². The summed E-state index contributed by atoms with van der Waals surface area (Å²) in [7, 11) is 0. The van der Waals surface area contributed by atoms with Gasteiger partial charge in [-0.3, -0.25) is 4.90 Å². The molecule has 2 bridgehead atoms. The van der Waals surface area contributed by atoms with E-state index in [-0.39, 0.29) is 18.0 Å². The fourth-order valence-electron chi connectivity index (χ4n) is 4.73. The molecule has 0 saturated carbocycles. The molecule has 0 radical (unpaired) electrons.